The van der Waals surface area contributed by atoms with Gasteiger partial charge < -0.3 is 15.4 Å². The Morgan fingerprint density at radius 3 is 2.81 bits per heavy atom. The predicted molar refractivity (Wildman–Crippen MR) is 95.4 cm³/mol. The van der Waals surface area contributed by atoms with Gasteiger partial charge in [-0.3, -0.25) is 4.79 Å². The molecule has 1 heterocycles. The highest BCUT2D eigenvalue weighted by Gasteiger charge is 2.25. The van der Waals surface area contributed by atoms with Crippen LogP contribution in [0.3, 0.4) is 0 Å². The van der Waals surface area contributed by atoms with Crippen LogP contribution in [-0.2, 0) is 4.74 Å². The Morgan fingerprint density at radius 1 is 1.43 bits per heavy atom. The van der Waals surface area contributed by atoms with Crippen LogP contribution in [0.25, 0.3) is 0 Å². The Kier molecular flexibility index (Phi) is 6.91. The van der Waals surface area contributed by atoms with Gasteiger partial charge in [0.1, 0.15) is 0 Å². The fraction of sp³-hybridized carbons (Fsp3) is 0.533. The van der Waals surface area contributed by atoms with Gasteiger partial charge in [0.25, 0.3) is 5.91 Å². The second-order valence-corrected chi connectivity index (χ2v) is 7.21. The van der Waals surface area contributed by atoms with E-state index < -0.39 is 0 Å². The van der Waals surface area contributed by atoms with Crippen LogP contribution < -0.4 is 5.73 Å². The zero-order valence-corrected chi connectivity index (χ0v) is 15.6. The van der Waals surface area contributed by atoms with Crippen molar-refractivity contribution in [2.24, 2.45) is 5.73 Å². The third kappa shape index (κ3) is 4.91. The van der Waals surface area contributed by atoms with E-state index in [0.717, 1.165) is 52.6 Å². The zero-order valence-electron chi connectivity index (χ0n) is 11.9. The van der Waals surface area contributed by atoms with Gasteiger partial charge in [0.15, 0.2) is 0 Å². The second-order valence-electron chi connectivity index (χ2n) is 5.13. The maximum atomic E-state index is 12.6. The van der Waals surface area contributed by atoms with Crippen molar-refractivity contribution in [1.29, 1.82) is 0 Å². The number of rotatable bonds is 5. The molecule has 21 heavy (non-hydrogen) atoms. The number of carbonyl (C=O) groups excluding carboxylic acids is 1. The van der Waals surface area contributed by atoms with Gasteiger partial charge in [-0.05, 0) is 66.6 Å². The topological polar surface area (TPSA) is 55.6 Å². The van der Waals surface area contributed by atoms with Gasteiger partial charge in [0, 0.05) is 27.7 Å². The number of likely N-dealkylation sites (tertiary alicyclic amines) is 1. The summed E-state index contributed by atoms with van der Waals surface area (Å²) < 4.78 is 7.70. The molecule has 1 aliphatic heterocycles. The Balaban J connectivity index is 1.89. The maximum Gasteiger partial charge on any atom is 0.254 e. The number of benzene rings is 1. The summed E-state index contributed by atoms with van der Waals surface area (Å²) in [5.41, 5.74) is 6.23. The highest BCUT2D eigenvalue weighted by molar-refractivity contribution is 14.1. The standard InChI is InChI=1S/C15H20BrIN2O2/c16-11-2-3-14(17)13(10-11)15(20)19-7-4-12(5-8-19)21-9-1-6-18/h2-3,10,12H,1,4-9,18H2. The molecule has 0 bridgehead atoms. The molecule has 6 heteroatoms. The molecule has 0 saturated carbocycles. The van der Waals surface area contributed by atoms with E-state index >= 15 is 0 Å². The number of hydrogen-bond donors (Lipinski definition) is 1. The average molecular weight is 467 g/mol. The van der Waals surface area contributed by atoms with Crippen molar-refractivity contribution in [3.63, 3.8) is 0 Å². The maximum absolute atomic E-state index is 12.6. The van der Waals surface area contributed by atoms with E-state index in [0.29, 0.717) is 6.54 Å². The number of halogens is 2. The first-order chi connectivity index (χ1) is 10.1. The molecule has 2 N–H and O–H groups in total. The summed E-state index contributed by atoms with van der Waals surface area (Å²) >= 11 is 5.64. The van der Waals surface area contributed by atoms with Gasteiger partial charge in [0.05, 0.1) is 11.7 Å². The van der Waals surface area contributed by atoms with Crippen LogP contribution in [0.4, 0.5) is 0 Å². The molecule has 0 aromatic heterocycles. The van der Waals surface area contributed by atoms with Crippen molar-refractivity contribution in [2.75, 3.05) is 26.2 Å². The van der Waals surface area contributed by atoms with Crippen LogP contribution in [0.5, 0.6) is 0 Å². The largest absolute Gasteiger partial charge is 0.378 e. The van der Waals surface area contributed by atoms with Gasteiger partial charge in [-0.25, -0.2) is 0 Å². The summed E-state index contributed by atoms with van der Waals surface area (Å²) in [5, 5.41) is 0. The smallest absolute Gasteiger partial charge is 0.254 e. The number of nitrogens with zero attached hydrogens (tertiary/aromatic N) is 1. The van der Waals surface area contributed by atoms with Crippen molar-refractivity contribution in [3.8, 4) is 0 Å². The zero-order chi connectivity index (χ0) is 15.2. The molecular weight excluding hydrogens is 447 g/mol. The molecule has 1 aromatic carbocycles. The minimum Gasteiger partial charge on any atom is -0.378 e. The minimum absolute atomic E-state index is 0.112. The Labute approximate surface area is 147 Å². The molecule has 0 atom stereocenters. The van der Waals surface area contributed by atoms with E-state index in [9.17, 15) is 4.79 Å². The molecule has 0 radical (unpaired) electrons. The summed E-state index contributed by atoms with van der Waals surface area (Å²) in [6.45, 7) is 2.90. The first-order valence-corrected chi connectivity index (χ1v) is 9.05. The predicted octanol–water partition coefficient (Wildman–Crippen LogP) is 3.02. The van der Waals surface area contributed by atoms with Crippen LogP contribution in [0, 0.1) is 3.57 Å². The lowest BCUT2D eigenvalue weighted by molar-refractivity contribution is 0.00842. The molecule has 2 rings (SSSR count). The molecule has 116 valence electrons. The van der Waals surface area contributed by atoms with Gasteiger partial charge >= 0.3 is 0 Å². The van der Waals surface area contributed by atoms with Crippen LogP contribution in [-0.4, -0.2) is 43.2 Å². The van der Waals surface area contributed by atoms with E-state index in [1.165, 1.54) is 0 Å². The van der Waals surface area contributed by atoms with Gasteiger partial charge in [-0.1, -0.05) is 15.9 Å². The number of piperidine rings is 1. The van der Waals surface area contributed by atoms with E-state index in [4.69, 9.17) is 10.5 Å². The Hall–Kier alpha value is -0.180. The average Bonchev–Trinajstić information content (AvgIpc) is 2.50. The molecule has 1 amide bonds. The van der Waals surface area contributed by atoms with Crippen LogP contribution >= 0.6 is 38.5 Å². The monoisotopic (exact) mass is 466 g/mol. The lowest BCUT2D eigenvalue weighted by atomic mass is 10.1. The molecule has 1 aromatic rings. The van der Waals surface area contributed by atoms with E-state index in [2.05, 4.69) is 38.5 Å². The highest BCUT2D eigenvalue weighted by atomic mass is 127. The van der Waals surface area contributed by atoms with E-state index in [1.54, 1.807) is 0 Å². The summed E-state index contributed by atoms with van der Waals surface area (Å²) in [6.07, 6.45) is 2.97. The lowest BCUT2D eigenvalue weighted by Gasteiger charge is -2.32. The van der Waals surface area contributed by atoms with Crippen molar-refractivity contribution in [2.45, 2.75) is 25.4 Å². The fourth-order valence-corrected chi connectivity index (χ4v) is 3.32. The summed E-state index contributed by atoms with van der Waals surface area (Å²) in [4.78, 5) is 14.5. The Morgan fingerprint density at radius 2 is 2.14 bits per heavy atom. The molecule has 0 unspecified atom stereocenters. The highest BCUT2D eigenvalue weighted by Crippen LogP contribution is 2.22. The lowest BCUT2D eigenvalue weighted by Crippen LogP contribution is -2.41. The third-order valence-corrected chi connectivity index (χ3v) is 5.02. The molecule has 1 saturated heterocycles. The normalized spacial score (nSPS) is 16.2. The third-order valence-electron chi connectivity index (χ3n) is 3.59. The van der Waals surface area contributed by atoms with E-state index in [-0.39, 0.29) is 12.0 Å². The molecule has 1 fully saturated rings. The van der Waals surface area contributed by atoms with E-state index in [1.807, 2.05) is 23.1 Å². The fourth-order valence-electron chi connectivity index (χ4n) is 2.39. The number of amides is 1. The molecule has 0 spiro atoms. The molecular formula is C15H20BrIN2O2. The molecule has 1 aliphatic rings. The van der Waals surface area contributed by atoms with Gasteiger partial charge in [-0.2, -0.15) is 0 Å². The van der Waals surface area contributed by atoms with Crippen LogP contribution in [0.1, 0.15) is 29.6 Å². The summed E-state index contributed by atoms with van der Waals surface area (Å²) in [6, 6.07) is 5.81. The summed E-state index contributed by atoms with van der Waals surface area (Å²) in [7, 11) is 0. The molecule has 4 nitrogen and oxygen atoms in total. The minimum atomic E-state index is 0.112. The number of carbonyl (C=O) groups is 1. The summed E-state index contributed by atoms with van der Waals surface area (Å²) in [5.74, 6) is 0.112. The second kappa shape index (κ2) is 8.45. The van der Waals surface area contributed by atoms with Gasteiger partial charge in [-0.15, -0.1) is 0 Å². The SMILES string of the molecule is NCCCOC1CCN(C(=O)c2cc(Br)ccc2I)CC1. The van der Waals surface area contributed by atoms with Crippen molar-refractivity contribution < 1.29 is 9.53 Å². The number of nitrogens with two attached hydrogens (primary N) is 1. The number of ether oxygens (including phenoxy) is 1. The van der Waals surface area contributed by atoms with Crippen LogP contribution in [0.15, 0.2) is 22.7 Å². The van der Waals surface area contributed by atoms with Crippen molar-refractivity contribution >= 4 is 44.4 Å². The quantitative estimate of drug-likeness (QED) is 0.536. The van der Waals surface area contributed by atoms with Crippen LogP contribution in [0.2, 0.25) is 0 Å². The first kappa shape index (κ1) is 17.2. The van der Waals surface area contributed by atoms with Gasteiger partial charge in [0.2, 0.25) is 0 Å². The molecule has 0 aliphatic carbocycles. The van der Waals surface area contributed by atoms with Crippen molar-refractivity contribution in [3.05, 3.63) is 31.8 Å². The first-order valence-electron chi connectivity index (χ1n) is 7.18. The van der Waals surface area contributed by atoms with Crippen molar-refractivity contribution in [1.82, 2.24) is 4.90 Å². The Bertz CT molecular complexity index is 491. The number of hydrogen-bond acceptors (Lipinski definition) is 3.